The summed E-state index contributed by atoms with van der Waals surface area (Å²) in [6, 6.07) is -9.42. The predicted molar refractivity (Wildman–Crippen MR) is 134 cm³/mol. The van der Waals surface area contributed by atoms with Crippen molar-refractivity contribution in [2.24, 2.45) is 5.73 Å². The fourth-order valence-electron chi connectivity index (χ4n) is 3.21. The Labute approximate surface area is 240 Å². The first-order chi connectivity index (χ1) is 19.8. The molecule has 0 aliphatic heterocycles. The van der Waals surface area contributed by atoms with Crippen LogP contribution in [0.5, 0.6) is 0 Å². The van der Waals surface area contributed by atoms with Gasteiger partial charge in [-0.2, -0.15) is 0 Å². The lowest BCUT2D eigenvalue weighted by molar-refractivity contribution is -0.145. The Morgan fingerprint density at radius 3 is 1.12 bits per heavy atom. The molecule has 0 saturated carbocycles. The average Bonchev–Trinajstić information content (AvgIpc) is 2.86. The van der Waals surface area contributed by atoms with Gasteiger partial charge in [-0.05, 0) is 12.8 Å². The second-order valence-corrected chi connectivity index (χ2v) is 8.85. The molecule has 0 fully saturated rings. The maximum Gasteiger partial charge on any atom is 0.326 e. The van der Waals surface area contributed by atoms with E-state index >= 15 is 0 Å². The first-order valence-corrected chi connectivity index (χ1v) is 12.1. The molecule has 0 unspecified atom stereocenters. The summed E-state index contributed by atoms with van der Waals surface area (Å²) in [5.41, 5.74) is 5.41. The van der Waals surface area contributed by atoms with E-state index in [-0.39, 0.29) is 0 Å². The Bertz CT molecular complexity index is 1120. The lowest BCUT2D eigenvalue weighted by Crippen LogP contribution is -2.59. The summed E-state index contributed by atoms with van der Waals surface area (Å²) in [5.74, 6) is -14.8. The van der Waals surface area contributed by atoms with E-state index in [4.69, 9.17) is 26.2 Å². The molecule has 43 heavy (non-hydrogen) atoms. The summed E-state index contributed by atoms with van der Waals surface area (Å²) < 4.78 is 0. The van der Waals surface area contributed by atoms with Crippen LogP contribution >= 0.6 is 0 Å². The molecule has 0 rings (SSSR count). The molecule has 0 aromatic rings. The number of amides is 4. The fourth-order valence-corrected chi connectivity index (χ4v) is 3.21. The van der Waals surface area contributed by atoms with Crippen molar-refractivity contribution in [2.75, 3.05) is 0 Å². The van der Waals surface area contributed by atoms with Gasteiger partial charge in [-0.15, -0.1) is 0 Å². The third-order valence-corrected chi connectivity index (χ3v) is 5.30. The van der Waals surface area contributed by atoms with Gasteiger partial charge in [0, 0.05) is 12.8 Å². The minimum absolute atomic E-state index is 0.624. The topological polar surface area (TPSA) is 366 Å². The maximum absolute atomic E-state index is 12.9. The molecule has 0 saturated heterocycles. The number of hydrogen-bond donors (Lipinski definition) is 11. The SMILES string of the molecule is N[C@@H](CC(=O)O)C(=O)N[C@@H](CCC(=O)O)C(=O)N[C@@H](CC(=O)O)C(=O)N[C@@H](CC(=O)O)C(=O)N[C@@H](CCC(=O)O)C(=O)O. The van der Waals surface area contributed by atoms with Gasteiger partial charge >= 0.3 is 35.8 Å². The van der Waals surface area contributed by atoms with Gasteiger partial charge in [-0.25, -0.2) is 4.79 Å². The Morgan fingerprint density at radius 1 is 0.442 bits per heavy atom. The van der Waals surface area contributed by atoms with Crippen LogP contribution in [0.1, 0.15) is 44.9 Å². The molecule has 0 bridgehead atoms. The van der Waals surface area contributed by atoms with Crippen LogP contribution in [0.25, 0.3) is 0 Å². The summed E-state index contributed by atoms with van der Waals surface area (Å²) >= 11 is 0. The van der Waals surface area contributed by atoms with E-state index in [1.807, 2.05) is 21.3 Å². The number of hydrogen-bond acceptors (Lipinski definition) is 11. The van der Waals surface area contributed by atoms with Crippen LogP contribution in [0.3, 0.4) is 0 Å². The zero-order chi connectivity index (χ0) is 33.4. The fraction of sp³-hybridized carbons (Fsp3) is 0.545. The van der Waals surface area contributed by atoms with Gasteiger partial charge in [0.05, 0.1) is 25.3 Å². The molecular formula is C22H31N5O16. The van der Waals surface area contributed by atoms with E-state index in [2.05, 4.69) is 0 Å². The standard InChI is InChI=1S/C22H31N5O16/c23-8(5-15(32)33)18(38)24-9(1-3-13(28)29)19(39)26-12(7-17(36)37)21(41)27-11(6-16(34)35)20(40)25-10(22(42)43)2-4-14(30)31/h8-12H,1-7,23H2,(H,24,38)(H,25,40)(H,26,39)(H,27,41)(H,28,29)(H,30,31)(H,32,33)(H,34,35)(H,36,37)(H,42,43)/t8-,9-,10-,11-,12-/m0/s1. The summed E-state index contributed by atoms with van der Waals surface area (Å²) in [5, 5.41) is 61.6. The second-order valence-electron chi connectivity index (χ2n) is 8.85. The minimum atomic E-state index is -2.08. The number of carbonyl (C=O) groups excluding carboxylic acids is 4. The van der Waals surface area contributed by atoms with Crippen molar-refractivity contribution in [2.45, 2.75) is 75.2 Å². The Kier molecular flexibility index (Phi) is 15.9. The van der Waals surface area contributed by atoms with Crippen molar-refractivity contribution >= 4 is 59.4 Å². The predicted octanol–water partition coefficient (Wildman–Crippen LogP) is -4.51. The van der Waals surface area contributed by atoms with E-state index in [9.17, 15) is 58.2 Å². The van der Waals surface area contributed by atoms with Gasteiger partial charge in [0.25, 0.3) is 0 Å². The van der Waals surface area contributed by atoms with Crippen LogP contribution in [0.15, 0.2) is 0 Å². The monoisotopic (exact) mass is 621 g/mol. The van der Waals surface area contributed by atoms with Gasteiger partial charge in [-0.3, -0.25) is 43.2 Å². The molecule has 0 heterocycles. The molecule has 0 aromatic carbocycles. The highest BCUT2D eigenvalue weighted by Gasteiger charge is 2.34. The zero-order valence-electron chi connectivity index (χ0n) is 22.2. The van der Waals surface area contributed by atoms with E-state index in [0.29, 0.717) is 0 Å². The highest BCUT2D eigenvalue weighted by Crippen LogP contribution is 2.05. The molecule has 21 nitrogen and oxygen atoms in total. The number of aliphatic carboxylic acids is 6. The Hall–Kier alpha value is -5.34. The summed E-state index contributed by atoms with van der Waals surface area (Å²) in [6.45, 7) is 0. The third kappa shape index (κ3) is 15.9. The zero-order valence-corrected chi connectivity index (χ0v) is 22.2. The first-order valence-electron chi connectivity index (χ1n) is 12.1. The molecule has 0 aliphatic rings. The van der Waals surface area contributed by atoms with Crippen molar-refractivity contribution in [1.82, 2.24) is 21.3 Å². The molecule has 12 N–H and O–H groups in total. The highest BCUT2D eigenvalue weighted by molar-refractivity contribution is 5.98. The summed E-state index contributed by atoms with van der Waals surface area (Å²) in [6.07, 6.45) is -5.94. The van der Waals surface area contributed by atoms with Crippen molar-refractivity contribution in [3.63, 3.8) is 0 Å². The van der Waals surface area contributed by atoms with Gasteiger partial charge < -0.3 is 57.6 Å². The smallest absolute Gasteiger partial charge is 0.326 e. The third-order valence-electron chi connectivity index (χ3n) is 5.30. The van der Waals surface area contributed by atoms with Crippen LogP contribution in [0.4, 0.5) is 0 Å². The normalized spacial score (nSPS) is 14.0. The second kappa shape index (κ2) is 18.2. The van der Waals surface area contributed by atoms with E-state index in [0.717, 1.165) is 0 Å². The largest absolute Gasteiger partial charge is 0.481 e. The van der Waals surface area contributed by atoms with E-state index < -0.39 is 135 Å². The average molecular weight is 622 g/mol. The highest BCUT2D eigenvalue weighted by atomic mass is 16.4. The molecule has 0 spiro atoms. The lowest BCUT2D eigenvalue weighted by Gasteiger charge is -2.25. The van der Waals surface area contributed by atoms with E-state index in [1.165, 1.54) is 0 Å². The molecule has 5 atom stereocenters. The van der Waals surface area contributed by atoms with E-state index in [1.54, 1.807) is 0 Å². The number of carbonyl (C=O) groups is 10. The van der Waals surface area contributed by atoms with Crippen LogP contribution in [-0.4, -0.2) is 120 Å². The van der Waals surface area contributed by atoms with Gasteiger partial charge in [-0.1, -0.05) is 0 Å². The minimum Gasteiger partial charge on any atom is -0.481 e. The molecule has 0 aliphatic carbocycles. The van der Waals surface area contributed by atoms with Crippen molar-refractivity contribution in [3.05, 3.63) is 0 Å². The first kappa shape index (κ1) is 37.7. The molecule has 21 heteroatoms. The molecule has 0 aromatic heterocycles. The Balaban J connectivity index is 5.96. The number of rotatable bonds is 21. The molecule has 240 valence electrons. The molecular weight excluding hydrogens is 590 g/mol. The number of carboxylic acid groups (broad SMARTS) is 6. The number of carboxylic acids is 6. The van der Waals surface area contributed by atoms with Crippen molar-refractivity contribution in [3.8, 4) is 0 Å². The van der Waals surface area contributed by atoms with Gasteiger partial charge in [0.2, 0.25) is 23.6 Å². The van der Waals surface area contributed by atoms with Crippen LogP contribution < -0.4 is 27.0 Å². The van der Waals surface area contributed by atoms with Crippen LogP contribution in [0.2, 0.25) is 0 Å². The molecule has 0 radical (unpaired) electrons. The van der Waals surface area contributed by atoms with Crippen LogP contribution in [-0.2, 0) is 47.9 Å². The van der Waals surface area contributed by atoms with Crippen molar-refractivity contribution < 1.29 is 78.6 Å². The summed E-state index contributed by atoms with van der Waals surface area (Å²) in [7, 11) is 0. The Morgan fingerprint density at radius 2 is 0.767 bits per heavy atom. The summed E-state index contributed by atoms with van der Waals surface area (Å²) in [4.78, 5) is 117. The quantitative estimate of drug-likeness (QED) is 0.0575. The van der Waals surface area contributed by atoms with Gasteiger partial charge in [0.15, 0.2) is 0 Å². The lowest BCUT2D eigenvalue weighted by atomic mass is 10.1. The van der Waals surface area contributed by atoms with Crippen molar-refractivity contribution in [1.29, 1.82) is 0 Å². The van der Waals surface area contributed by atoms with Gasteiger partial charge in [0.1, 0.15) is 24.2 Å². The molecule has 4 amide bonds. The number of nitrogens with two attached hydrogens (primary N) is 1. The number of nitrogens with one attached hydrogen (secondary N) is 4. The van der Waals surface area contributed by atoms with Crippen LogP contribution in [0, 0.1) is 0 Å². The maximum atomic E-state index is 12.9.